The molecule has 0 saturated carbocycles. The minimum atomic E-state index is 0.138. The molecular weight excluding hydrogens is 284 g/mol. The first kappa shape index (κ1) is 11.5. The molecule has 0 saturated heterocycles. The Balaban J connectivity index is 1.99. The van der Waals surface area contributed by atoms with E-state index < -0.39 is 0 Å². The molecule has 0 aromatic carbocycles. The molecule has 0 bridgehead atoms. The highest BCUT2D eigenvalue weighted by Crippen LogP contribution is 2.40. The highest BCUT2D eigenvalue weighted by molar-refractivity contribution is 8.36. The second kappa shape index (κ2) is 5.40. The van der Waals surface area contributed by atoms with Gasteiger partial charge in [0.1, 0.15) is 0 Å². The van der Waals surface area contributed by atoms with E-state index in [4.69, 9.17) is 0 Å². The second-order valence-corrected chi connectivity index (χ2v) is 8.89. The number of thioether (sulfide) groups is 1. The minimum Gasteiger partial charge on any atom is -0.138 e. The minimum absolute atomic E-state index is 0.138. The third-order valence-corrected chi connectivity index (χ3v) is 7.90. The summed E-state index contributed by atoms with van der Waals surface area (Å²) in [6.45, 7) is 0. The predicted octanol–water partition coefficient (Wildman–Crippen LogP) is 5.44. The molecule has 0 aliphatic carbocycles. The Morgan fingerprint density at radius 2 is 1.88 bits per heavy atom. The van der Waals surface area contributed by atoms with Gasteiger partial charge in [-0.2, -0.15) is 0 Å². The van der Waals surface area contributed by atoms with Crippen molar-refractivity contribution in [2.24, 2.45) is 0 Å². The molecule has 1 aliphatic rings. The summed E-state index contributed by atoms with van der Waals surface area (Å²) < 4.78 is 4.26. The number of hydrogen-bond donors (Lipinski definition) is 0. The van der Waals surface area contributed by atoms with E-state index in [-0.39, 0.29) is 10.5 Å². The van der Waals surface area contributed by atoms with Crippen LogP contribution in [0, 0.1) is 0 Å². The lowest BCUT2D eigenvalue weighted by Gasteiger charge is -2.10. The number of thiophene rings is 2. The van der Waals surface area contributed by atoms with E-state index in [1.165, 1.54) is 12.6 Å². The molecule has 3 heterocycles. The van der Waals surface area contributed by atoms with Crippen LogP contribution >= 0.6 is 44.9 Å². The molecule has 1 atom stereocenters. The Morgan fingerprint density at radius 3 is 2.65 bits per heavy atom. The Hall–Kier alpha value is -0.550. The van der Waals surface area contributed by atoms with Crippen LogP contribution in [0.5, 0.6) is 0 Å². The smallest absolute Gasteiger partial charge is 0.0651 e. The molecule has 0 N–H and O–H groups in total. The summed E-state index contributed by atoms with van der Waals surface area (Å²) >= 11 is 5.54. The number of hydrogen-bond acceptors (Lipinski definition) is 3. The third kappa shape index (κ3) is 2.65. The van der Waals surface area contributed by atoms with Gasteiger partial charge < -0.3 is 0 Å². The molecule has 1 unspecified atom stereocenters. The summed E-state index contributed by atoms with van der Waals surface area (Å²) in [6, 6.07) is 8.66. The summed E-state index contributed by atoms with van der Waals surface area (Å²) in [5, 5.41) is 6.60. The molecule has 0 amide bonds. The van der Waals surface area contributed by atoms with Crippen LogP contribution in [-0.2, 0) is 0 Å². The zero-order chi connectivity index (χ0) is 11.5. The lowest BCUT2D eigenvalue weighted by Crippen LogP contribution is -1.88. The lowest BCUT2D eigenvalue weighted by molar-refractivity contribution is 1.74. The van der Waals surface area contributed by atoms with E-state index in [0.717, 1.165) is 0 Å². The van der Waals surface area contributed by atoms with Crippen LogP contribution in [0.4, 0.5) is 0 Å². The van der Waals surface area contributed by atoms with Gasteiger partial charge in [-0.3, -0.25) is 0 Å². The molecule has 0 fully saturated rings. The summed E-state index contributed by atoms with van der Waals surface area (Å²) in [6.07, 6.45) is 6.53. The van der Waals surface area contributed by atoms with Gasteiger partial charge in [-0.25, -0.2) is 0 Å². The zero-order valence-corrected chi connectivity index (χ0v) is 12.2. The molecule has 0 radical (unpaired) electrons. The van der Waals surface area contributed by atoms with Crippen molar-refractivity contribution in [2.45, 2.75) is 8.42 Å². The van der Waals surface area contributed by atoms with E-state index >= 15 is 0 Å². The van der Waals surface area contributed by atoms with Crippen LogP contribution in [0.1, 0.15) is 0 Å². The second-order valence-electron chi connectivity index (χ2n) is 3.31. The molecule has 17 heavy (non-hydrogen) atoms. The first-order valence-electron chi connectivity index (χ1n) is 5.13. The molecule has 4 heteroatoms. The maximum atomic E-state index is 2.31. The van der Waals surface area contributed by atoms with Crippen molar-refractivity contribution in [1.82, 2.24) is 0 Å². The largest absolute Gasteiger partial charge is 0.138 e. The summed E-state index contributed by atoms with van der Waals surface area (Å²) in [5.41, 5.74) is 0. The van der Waals surface area contributed by atoms with E-state index in [0.29, 0.717) is 0 Å². The molecule has 3 rings (SSSR count). The van der Waals surface area contributed by atoms with Gasteiger partial charge in [-0.05, 0) is 34.4 Å². The normalized spacial score (nSPS) is 18.8. The first-order valence-corrected chi connectivity index (χ1v) is 8.99. The number of allylic oxidation sites excluding steroid dienone is 2. The van der Waals surface area contributed by atoms with E-state index in [1.54, 1.807) is 0 Å². The van der Waals surface area contributed by atoms with Crippen LogP contribution in [0.3, 0.4) is 0 Å². The maximum absolute atomic E-state index is 2.31. The van der Waals surface area contributed by atoms with Crippen LogP contribution in [0.2, 0.25) is 0 Å². The lowest BCUT2D eigenvalue weighted by atomic mass is 10.5. The van der Waals surface area contributed by atoms with Crippen molar-refractivity contribution in [1.29, 1.82) is 0 Å². The number of rotatable bonds is 2. The van der Waals surface area contributed by atoms with E-state index in [1.807, 2.05) is 34.4 Å². The van der Waals surface area contributed by atoms with Gasteiger partial charge in [0.05, 0.1) is 8.42 Å². The summed E-state index contributed by atoms with van der Waals surface area (Å²) in [7, 11) is 0.138. The standard InChI is InChI=1S/C13H10S4/c1-2-10-17(12-7-4-9-15-12)13(6-1)16-11-5-3-8-14-11/h1-10H. The van der Waals surface area contributed by atoms with Crippen LogP contribution in [0.25, 0.3) is 0 Å². The fourth-order valence-corrected chi connectivity index (χ4v) is 7.03. The molecular formula is C13H10S4. The van der Waals surface area contributed by atoms with Crippen LogP contribution < -0.4 is 0 Å². The first-order chi connectivity index (χ1) is 8.43. The topological polar surface area (TPSA) is 0 Å². The monoisotopic (exact) mass is 294 g/mol. The molecule has 1 aliphatic heterocycles. The highest BCUT2D eigenvalue weighted by Gasteiger charge is 2.08. The molecule has 2 aromatic heterocycles. The Kier molecular flexibility index (Phi) is 3.66. The van der Waals surface area contributed by atoms with Gasteiger partial charge in [0.15, 0.2) is 0 Å². The van der Waals surface area contributed by atoms with Crippen molar-refractivity contribution in [3.8, 4) is 0 Å². The average molecular weight is 294 g/mol. The van der Waals surface area contributed by atoms with Crippen molar-refractivity contribution in [3.63, 3.8) is 0 Å². The van der Waals surface area contributed by atoms with Gasteiger partial charge in [-0.15, -0.1) is 33.2 Å². The third-order valence-electron chi connectivity index (χ3n) is 2.18. The fraction of sp³-hybridized carbons (Fsp3) is 0. The van der Waals surface area contributed by atoms with Gasteiger partial charge in [-0.1, -0.05) is 36.0 Å². The van der Waals surface area contributed by atoms with Gasteiger partial charge >= 0.3 is 0 Å². The Bertz CT molecular complexity index is 571. The molecule has 0 spiro atoms. The van der Waals surface area contributed by atoms with Gasteiger partial charge in [0, 0.05) is 4.20 Å². The van der Waals surface area contributed by atoms with Crippen LogP contribution in [0.15, 0.2) is 67.1 Å². The van der Waals surface area contributed by atoms with Crippen LogP contribution in [-0.4, -0.2) is 4.20 Å². The average Bonchev–Trinajstić information content (AvgIpc) is 3.01. The van der Waals surface area contributed by atoms with Crippen molar-refractivity contribution >= 4 is 49.1 Å². The van der Waals surface area contributed by atoms with E-state index in [2.05, 4.69) is 58.7 Å². The van der Waals surface area contributed by atoms with Gasteiger partial charge in [0.25, 0.3) is 0 Å². The highest BCUT2D eigenvalue weighted by atomic mass is 32.2. The molecule has 86 valence electrons. The molecule has 2 aromatic rings. The fourth-order valence-electron chi connectivity index (χ4n) is 1.45. The SMILES string of the molecule is C1=CC(Sc2cccs2)=S(c2cccs2)C=C1. The summed E-state index contributed by atoms with van der Waals surface area (Å²) in [5.74, 6) is 0. The van der Waals surface area contributed by atoms with E-state index in [9.17, 15) is 0 Å². The summed E-state index contributed by atoms with van der Waals surface area (Å²) in [4.78, 5) is 0. The van der Waals surface area contributed by atoms with Crippen molar-refractivity contribution in [3.05, 3.63) is 58.7 Å². The Morgan fingerprint density at radius 1 is 1.00 bits per heavy atom. The molecule has 0 nitrogen and oxygen atoms in total. The Labute approximate surface area is 116 Å². The predicted molar refractivity (Wildman–Crippen MR) is 83.6 cm³/mol. The quantitative estimate of drug-likeness (QED) is 0.664. The van der Waals surface area contributed by atoms with Crippen molar-refractivity contribution in [2.75, 3.05) is 0 Å². The van der Waals surface area contributed by atoms with Crippen molar-refractivity contribution < 1.29 is 0 Å². The van der Waals surface area contributed by atoms with Gasteiger partial charge in [0.2, 0.25) is 0 Å². The maximum Gasteiger partial charge on any atom is 0.0651 e. The zero-order valence-electron chi connectivity index (χ0n) is 8.91.